The van der Waals surface area contributed by atoms with Crippen molar-refractivity contribution in [3.63, 3.8) is 0 Å². The summed E-state index contributed by atoms with van der Waals surface area (Å²) >= 11 is 5.63. The van der Waals surface area contributed by atoms with Crippen molar-refractivity contribution in [2.24, 2.45) is 0 Å². The molecule has 0 bridgehead atoms. The minimum atomic E-state index is 1.23. The van der Waals surface area contributed by atoms with Gasteiger partial charge in [0.15, 0.2) is 0 Å². The van der Waals surface area contributed by atoms with Gasteiger partial charge in [-0.05, 0) is 288 Å². The second kappa shape index (κ2) is 31.7. The SMILES string of the molecule is c1cc(-c2cccc(-c3ccc4c5ccccc5c5ccccc5c4c3)c2)cc(-c2ccc3c(c2)sc2ccccc23)c1.c1cc(-c2cccc(-c3ccc4c5ccccc5c5ccccc5c4c3)c2)cc(-c2ccc3sc4ccccc4c3c2)c1.c1cc(-c2cccc(-c3cccc4c3sc3ccccc34)c2)cc(-c2ccc3c4ccccc4c4ccccc4c3c2)c1. The maximum Gasteiger partial charge on any atom is 0.0433 e. The molecule has 0 saturated carbocycles. The molecule has 3 heteroatoms. The lowest BCUT2D eigenvalue weighted by Gasteiger charge is -2.13. The van der Waals surface area contributed by atoms with Crippen molar-refractivity contribution in [1.82, 2.24) is 0 Å². The maximum absolute atomic E-state index is 2.38. The summed E-state index contributed by atoms with van der Waals surface area (Å²) in [7, 11) is 0. The Hall–Kier alpha value is -15.7. The smallest absolute Gasteiger partial charge is 0.0433 e. The summed E-state index contributed by atoms with van der Waals surface area (Å²) in [5.41, 5.74) is 22.3. The lowest BCUT2D eigenvalue weighted by molar-refractivity contribution is 1.59. The van der Waals surface area contributed by atoms with E-state index in [9.17, 15) is 0 Å². The van der Waals surface area contributed by atoms with Crippen LogP contribution in [0.1, 0.15) is 0 Å². The lowest BCUT2D eigenvalue weighted by atomic mass is 9.91. The molecule has 129 heavy (non-hydrogen) atoms. The number of benzene rings is 24. The van der Waals surface area contributed by atoms with E-state index in [2.05, 4.69) is 473 Å². The molecule has 27 rings (SSSR count). The normalized spacial score (nSPS) is 11.7. The summed E-state index contributed by atoms with van der Waals surface area (Å²) < 4.78 is 8.05. The topological polar surface area (TPSA) is 0 Å². The molecule has 0 unspecified atom stereocenters. The van der Waals surface area contributed by atoms with Crippen molar-refractivity contribution in [3.8, 4) is 100 Å². The van der Waals surface area contributed by atoms with E-state index in [0.717, 1.165) is 0 Å². The molecule has 0 atom stereocenters. The minimum absolute atomic E-state index is 1.23. The van der Waals surface area contributed by atoms with Crippen molar-refractivity contribution in [2.45, 2.75) is 0 Å². The van der Waals surface area contributed by atoms with E-state index in [1.165, 1.54) is 258 Å². The molecule has 0 aliphatic carbocycles. The van der Waals surface area contributed by atoms with Gasteiger partial charge in [0.05, 0.1) is 0 Å². The minimum Gasteiger partial charge on any atom is -0.135 e. The van der Waals surface area contributed by atoms with Gasteiger partial charge in [-0.15, -0.1) is 34.0 Å². The Labute approximate surface area is 758 Å². The first-order valence-corrected chi connectivity index (χ1v) is 46.7. The van der Waals surface area contributed by atoms with Gasteiger partial charge < -0.3 is 0 Å². The van der Waals surface area contributed by atoms with Gasteiger partial charge in [0.1, 0.15) is 0 Å². The summed E-state index contributed by atoms with van der Waals surface area (Å²) in [5, 5.41) is 31.5. The van der Waals surface area contributed by atoms with Crippen molar-refractivity contribution in [1.29, 1.82) is 0 Å². The Kier molecular flexibility index (Phi) is 18.6. The Morgan fingerprint density at radius 2 is 0.287 bits per heavy atom. The van der Waals surface area contributed by atoms with Crippen molar-refractivity contribution in [2.75, 3.05) is 0 Å². The average Bonchev–Trinajstić information content (AvgIpc) is 1.73. The molecule has 0 fully saturated rings. The van der Waals surface area contributed by atoms with Crippen LogP contribution in [-0.4, -0.2) is 0 Å². The van der Waals surface area contributed by atoms with E-state index >= 15 is 0 Å². The average molecular weight is 1690 g/mol. The second-order valence-electron chi connectivity index (χ2n) is 33.9. The Bertz CT molecular complexity index is 9110. The Morgan fingerprint density at radius 1 is 0.0930 bits per heavy atom. The van der Waals surface area contributed by atoms with E-state index in [-0.39, 0.29) is 0 Å². The van der Waals surface area contributed by atoms with Crippen LogP contribution in [0.2, 0.25) is 0 Å². The summed E-state index contributed by atoms with van der Waals surface area (Å²) in [6.07, 6.45) is 0. The highest BCUT2D eigenvalue weighted by Crippen LogP contribution is 2.47. The van der Waals surface area contributed by atoms with Gasteiger partial charge in [-0.25, -0.2) is 0 Å². The van der Waals surface area contributed by atoms with Crippen LogP contribution in [0, 0.1) is 0 Å². The van der Waals surface area contributed by atoms with Crippen LogP contribution in [-0.2, 0) is 0 Å². The van der Waals surface area contributed by atoms with E-state index in [1.807, 2.05) is 34.0 Å². The molecule has 0 nitrogen and oxygen atoms in total. The summed E-state index contributed by atoms with van der Waals surface area (Å²) in [6.45, 7) is 0. The highest BCUT2D eigenvalue weighted by molar-refractivity contribution is 7.27. The van der Waals surface area contributed by atoms with E-state index < -0.39 is 0 Å². The molecule has 0 radical (unpaired) electrons. The molecule has 0 aliphatic rings. The Balaban J connectivity index is 0.000000105. The number of thiophene rings is 3. The fourth-order valence-electron chi connectivity index (χ4n) is 20.3. The fourth-order valence-corrected chi connectivity index (χ4v) is 23.8. The van der Waals surface area contributed by atoms with Gasteiger partial charge in [0.25, 0.3) is 0 Å². The van der Waals surface area contributed by atoms with Gasteiger partial charge in [-0.3, -0.25) is 0 Å². The van der Waals surface area contributed by atoms with E-state index in [1.54, 1.807) is 0 Å². The van der Waals surface area contributed by atoms with Crippen LogP contribution in [0.25, 0.3) is 258 Å². The predicted molar refractivity (Wildman–Crippen MR) is 564 cm³/mol. The predicted octanol–water partition coefficient (Wildman–Crippen LogP) is 37.5. The molecule has 0 saturated heterocycles. The monoisotopic (exact) mass is 1690 g/mol. The van der Waals surface area contributed by atoms with Gasteiger partial charge in [0, 0.05) is 60.5 Å². The third kappa shape index (κ3) is 13.5. The molecule has 24 aromatic carbocycles. The molecule has 0 spiro atoms. The number of rotatable bonds is 9. The van der Waals surface area contributed by atoms with Crippen molar-refractivity contribution in [3.05, 3.63) is 473 Å². The molecular weight excluding hydrogens is 1610 g/mol. The maximum atomic E-state index is 2.38. The number of hydrogen-bond acceptors (Lipinski definition) is 3. The second-order valence-corrected chi connectivity index (χ2v) is 37.2. The molecule has 3 heterocycles. The van der Waals surface area contributed by atoms with Gasteiger partial charge in [0.2, 0.25) is 0 Å². The standard InChI is InChI=1S/3C42H26S/c1-2-16-35-33(14-1)34-15-3-4-17-36(34)40-26-30(22-23-37(35)40)28-11-7-10-27(24-28)29-12-8-13-31(25-29)32-19-9-20-39-38-18-5-6-21-41(38)43-42(32)39;1-2-15-35-33(13-1)34-14-3-4-16-36(34)39-25-31(19-21-37(35)39)29-11-7-9-27(23-29)28-10-8-12-30(24-28)32-20-22-42-40(26-32)38-17-5-6-18-41(38)43-42;1-2-15-35-33(13-1)34-14-3-4-16-36(34)40-25-31(19-21-37(35)40)29-11-7-9-27(23-29)28-10-8-12-30(24-28)32-20-22-39-38-17-5-6-18-41(38)43-42(39)26-32/h3*1-26H. The van der Waals surface area contributed by atoms with Crippen LogP contribution in [0.4, 0.5) is 0 Å². The highest BCUT2D eigenvalue weighted by Gasteiger charge is 2.19. The van der Waals surface area contributed by atoms with Crippen LogP contribution in [0.15, 0.2) is 473 Å². The van der Waals surface area contributed by atoms with Gasteiger partial charge in [-0.1, -0.05) is 382 Å². The summed E-state index contributed by atoms with van der Waals surface area (Å²) in [6, 6.07) is 174. The quantitative estimate of drug-likeness (QED) is 0.126. The summed E-state index contributed by atoms with van der Waals surface area (Å²) in [5.74, 6) is 0. The fraction of sp³-hybridized carbons (Fsp3) is 0. The molecule has 0 aliphatic heterocycles. The molecule has 3 aromatic heterocycles. The zero-order valence-corrected chi connectivity index (χ0v) is 72.7. The van der Waals surface area contributed by atoms with Crippen LogP contribution < -0.4 is 0 Å². The third-order valence-corrected chi connectivity index (χ3v) is 30.1. The largest absolute Gasteiger partial charge is 0.135 e. The first-order valence-electron chi connectivity index (χ1n) is 44.3. The van der Waals surface area contributed by atoms with Crippen LogP contribution in [0.3, 0.4) is 0 Å². The van der Waals surface area contributed by atoms with Gasteiger partial charge >= 0.3 is 0 Å². The molecule has 27 aromatic rings. The van der Waals surface area contributed by atoms with E-state index in [0.29, 0.717) is 0 Å². The van der Waals surface area contributed by atoms with Gasteiger partial charge in [-0.2, -0.15) is 0 Å². The first-order chi connectivity index (χ1) is 63.9. The molecule has 0 amide bonds. The summed E-state index contributed by atoms with van der Waals surface area (Å²) in [4.78, 5) is 0. The lowest BCUT2D eigenvalue weighted by Crippen LogP contribution is -1.86. The number of fused-ring (bicyclic) bond motifs is 27. The zero-order valence-electron chi connectivity index (χ0n) is 70.3. The Morgan fingerprint density at radius 3 is 0.628 bits per heavy atom. The first kappa shape index (κ1) is 75.8. The van der Waals surface area contributed by atoms with Crippen molar-refractivity contribution >= 4 is 191 Å². The number of hydrogen-bond donors (Lipinski definition) is 0. The molecule has 0 N–H and O–H groups in total. The van der Waals surface area contributed by atoms with Crippen LogP contribution in [0.5, 0.6) is 0 Å². The zero-order chi connectivity index (χ0) is 85.0. The third-order valence-electron chi connectivity index (χ3n) is 26.5. The van der Waals surface area contributed by atoms with E-state index in [4.69, 9.17) is 0 Å². The van der Waals surface area contributed by atoms with Crippen LogP contribution >= 0.6 is 34.0 Å². The molecule has 600 valence electrons. The van der Waals surface area contributed by atoms with Crippen molar-refractivity contribution < 1.29 is 0 Å². The molecular formula is C126H78S3. The highest BCUT2D eigenvalue weighted by atomic mass is 32.1.